The van der Waals surface area contributed by atoms with Gasteiger partial charge in [0.2, 0.25) is 0 Å². The molecule has 0 radical (unpaired) electrons. The van der Waals surface area contributed by atoms with Crippen LogP contribution in [0.3, 0.4) is 0 Å². The second-order valence-corrected chi connectivity index (χ2v) is 15.4. The molecule has 0 amide bonds. The molecule has 0 aromatic heterocycles. The SMILES string of the molecule is CC1=C(C/C=C(\CCCC(C)CCCC(C)CCCC(C)C)C(=O)OCCCCCCCCCCN(C)C)C(=O)c2ccccc2C1=O. The van der Waals surface area contributed by atoms with E-state index in [9.17, 15) is 14.4 Å². The first kappa shape index (κ1) is 41.6. The summed E-state index contributed by atoms with van der Waals surface area (Å²) >= 11 is 0. The summed E-state index contributed by atoms with van der Waals surface area (Å²) in [5.74, 6) is 1.70. The van der Waals surface area contributed by atoms with E-state index in [1.165, 1.54) is 83.6 Å². The number of hydrogen-bond acceptors (Lipinski definition) is 5. The number of rotatable bonds is 26. The van der Waals surface area contributed by atoms with Gasteiger partial charge in [0.25, 0.3) is 0 Å². The summed E-state index contributed by atoms with van der Waals surface area (Å²) in [6.07, 6.45) is 22.0. The maximum atomic E-state index is 13.3. The molecule has 2 unspecified atom stereocenters. The van der Waals surface area contributed by atoms with Gasteiger partial charge in [-0.15, -0.1) is 0 Å². The molecule has 1 aromatic rings. The molecule has 48 heavy (non-hydrogen) atoms. The van der Waals surface area contributed by atoms with Crippen molar-refractivity contribution in [2.24, 2.45) is 17.8 Å². The van der Waals surface area contributed by atoms with Crippen LogP contribution in [-0.2, 0) is 9.53 Å². The Morgan fingerprint density at radius 3 is 1.81 bits per heavy atom. The monoisotopic (exact) mass is 664 g/mol. The largest absolute Gasteiger partial charge is 0.462 e. The van der Waals surface area contributed by atoms with Gasteiger partial charge in [-0.05, 0) is 77.4 Å². The van der Waals surface area contributed by atoms with Gasteiger partial charge in [0.05, 0.1) is 6.61 Å². The molecular formula is C43H69NO4. The number of hydrogen-bond donors (Lipinski definition) is 0. The zero-order chi connectivity index (χ0) is 35.3. The van der Waals surface area contributed by atoms with E-state index >= 15 is 0 Å². The van der Waals surface area contributed by atoms with Crippen LogP contribution in [0.5, 0.6) is 0 Å². The van der Waals surface area contributed by atoms with E-state index in [0.717, 1.165) is 37.5 Å². The number of ketones is 2. The Bertz CT molecular complexity index is 1180. The normalized spacial score (nSPS) is 15.0. The molecule has 0 fully saturated rings. The number of carbonyl (C=O) groups is 3. The molecule has 0 spiro atoms. The number of unbranched alkanes of at least 4 members (excludes halogenated alkanes) is 7. The van der Waals surface area contributed by atoms with E-state index < -0.39 is 0 Å². The molecule has 1 aliphatic carbocycles. The minimum Gasteiger partial charge on any atom is -0.462 e. The summed E-state index contributed by atoms with van der Waals surface area (Å²) in [7, 11) is 4.26. The Morgan fingerprint density at radius 1 is 0.708 bits per heavy atom. The van der Waals surface area contributed by atoms with Crippen molar-refractivity contribution in [1.82, 2.24) is 4.90 Å². The van der Waals surface area contributed by atoms with E-state index in [4.69, 9.17) is 4.74 Å². The average Bonchev–Trinajstić information content (AvgIpc) is 3.04. The van der Waals surface area contributed by atoms with Crippen molar-refractivity contribution in [3.63, 3.8) is 0 Å². The van der Waals surface area contributed by atoms with E-state index in [1.807, 2.05) is 6.08 Å². The number of carbonyl (C=O) groups excluding carboxylic acids is 3. The Hall–Kier alpha value is -2.53. The lowest BCUT2D eigenvalue weighted by molar-refractivity contribution is -0.139. The number of allylic oxidation sites excluding steroid dienone is 3. The lowest BCUT2D eigenvalue weighted by Gasteiger charge is -2.18. The van der Waals surface area contributed by atoms with Crippen molar-refractivity contribution in [2.45, 2.75) is 150 Å². The fraction of sp³-hybridized carbons (Fsp3) is 0.698. The summed E-state index contributed by atoms with van der Waals surface area (Å²) in [6.45, 7) is 12.6. The summed E-state index contributed by atoms with van der Waals surface area (Å²) in [5, 5.41) is 0. The third-order valence-electron chi connectivity index (χ3n) is 10.0. The minimum atomic E-state index is -0.271. The van der Waals surface area contributed by atoms with E-state index in [1.54, 1.807) is 31.2 Å². The Labute approximate surface area is 294 Å². The van der Waals surface area contributed by atoms with Gasteiger partial charge >= 0.3 is 5.97 Å². The first-order valence-electron chi connectivity index (χ1n) is 19.4. The lowest BCUT2D eigenvalue weighted by atomic mass is 9.83. The van der Waals surface area contributed by atoms with Gasteiger partial charge in [0.1, 0.15) is 0 Å². The van der Waals surface area contributed by atoms with Crippen LogP contribution in [0.15, 0.2) is 47.1 Å². The molecule has 5 heteroatoms. The molecule has 2 rings (SSSR count). The van der Waals surface area contributed by atoms with Crippen LogP contribution in [0.4, 0.5) is 0 Å². The highest BCUT2D eigenvalue weighted by Crippen LogP contribution is 2.29. The van der Waals surface area contributed by atoms with Crippen molar-refractivity contribution in [3.05, 3.63) is 58.2 Å². The summed E-state index contributed by atoms with van der Waals surface area (Å²) < 4.78 is 5.77. The molecule has 0 saturated heterocycles. The highest BCUT2D eigenvalue weighted by molar-refractivity contribution is 6.26. The molecule has 270 valence electrons. The molecule has 2 atom stereocenters. The maximum absolute atomic E-state index is 13.3. The predicted octanol–water partition coefficient (Wildman–Crippen LogP) is 11.4. The van der Waals surface area contributed by atoms with Crippen molar-refractivity contribution < 1.29 is 19.1 Å². The molecule has 5 nitrogen and oxygen atoms in total. The number of benzene rings is 1. The summed E-state index contributed by atoms with van der Waals surface area (Å²) in [5.41, 5.74) is 2.53. The lowest BCUT2D eigenvalue weighted by Crippen LogP contribution is -2.20. The van der Waals surface area contributed by atoms with Gasteiger partial charge in [0.15, 0.2) is 11.6 Å². The molecule has 0 heterocycles. The van der Waals surface area contributed by atoms with Gasteiger partial charge in [0, 0.05) is 27.8 Å². The van der Waals surface area contributed by atoms with E-state index in [-0.39, 0.29) is 24.0 Å². The van der Waals surface area contributed by atoms with Gasteiger partial charge in [-0.3, -0.25) is 9.59 Å². The second kappa shape index (κ2) is 23.8. The van der Waals surface area contributed by atoms with Crippen LogP contribution in [0.25, 0.3) is 0 Å². The molecule has 0 saturated carbocycles. The fourth-order valence-electron chi connectivity index (χ4n) is 6.78. The van der Waals surface area contributed by atoms with Crippen molar-refractivity contribution in [2.75, 3.05) is 27.2 Å². The highest BCUT2D eigenvalue weighted by atomic mass is 16.5. The van der Waals surface area contributed by atoms with Crippen molar-refractivity contribution in [3.8, 4) is 0 Å². The summed E-state index contributed by atoms with van der Waals surface area (Å²) in [4.78, 5) is 41.9. The fourth-order valence-corrected chi connectivity index (χ4v) is 6.78. The van der Waals surface area contributed by atoms with Crippen LogP contribution < -0.4 is 0 Å². The quantitative estimate of drug-likeness (QED) is 0.0561. The third-order valence-corrected chi connectivity index (χ3v) is 10.0. The third kappa shape index (κ3) is 16.2. The van der Waals surface area contributed by atoms with Crippen molar-refractivity contribution in [1.29, 1.82) is 0 Å². The number of nitrogens with zero attached hydrogens (tertiary/aromatic N) is 1. The zero-order valence-corrected chi connectivity index (χ0v) is 31.8. The number of esters is 1. The Balaban J connectivity index is 1.88. The predicted molar refractivity (Wildman–Crippen MR) is 202 cm³/mol. The average molecular weight is 664 g/mol. The maximum Gasteiger partial charge on any atom is 0.333 e. The summed E-state index contributed by atoms with van der Waals surface area (Å²) in [6, 6.07) is 7.02. The number of ether oxygens (including phenoxy) is 1. The van der Waals surface area contributed by atoms with Gasteiger partial charge in [-0.1, -0.05) is 142 Å². The smallest absolute Gasteiger partial charge is 0.333 e. The van der Waals surface area contributed by atoms with E-state index in [0.29, 0.717) is 46.8 Å². The molecule has 1 aliphatic rings. The van der Waals surface area contributed by atoms with Crippen LogP contribution >= 0.6 is 0 Å². The zero-order valence-electron chi connectivity index (χ0n) is 31.8. The van der Waals surface area contributed by atoms with Crippen molar-refractivity contribution >= 4 is 17.5 Å². The Morgan fingerprint density at radius 2 is 1.23 bits per heavy atom. The molecule has 0 bridgehead atoms. The Kier molecular flexibility index (Phi) is 20.6. The molecular weight excluding hydrogens is 594 g/mol. The number of Topliss-reactive ketones (excluding diaryl/α,β-unsaturated/α-hetero) is 2. The van der Waals surface area contributed by atoms with Gasteiger partial charge in [-0.25, -0.2) is 4.79 Å². The van der Waals surface area contributed by atoms with Crippen LogP contribution in [0.1, 0.15) is 171 Å². The molecule has 1 aromatic carbocycles. The minimum absolute atomic E-state index is 0.102. The van der Waals surface area contributed by atoms with Crippen LogP contribution in [-0.4, -0.2) is 49.7 Å². The standard InChI is InChI=1S/C43H69NO4/c1-33(2)21-18-22-34(3)23-19-24-35(4)25-20-26-37(43(47)48-32-17-13-11-9-8-10-12-16-31-44(6)7)29-30-38-36(5)41(45)39-27-14-15-28-40(39)42(38)46/h14-15,27-29,33-35H,8-13,16-26,30-32H2,1-7H3/b37-29+. The first-order chi connectivity index (χ1) is 23.0. The highest BCUT2D eigenvalue weighted by Gasteiger charge is 2.29. The first-order valence-corrected chi connectivity index (χ1v) is 19.4. The second-order valence-electron chi connectivity index (χ2n) is 15.4. The number of fused-ring (bicyclic) bond motifs is 1. The van der Waals surface area contributed by atoms with E-state index in [2.05, 4.69) is 46.7 Å². The van der Waals surface area contributed by atoms with Gasteiger partial charge < -0.3 is 9.64 Å². The van der Waals surface area contributed by atoms with Crippen LogP contribution in [0, 0.1) is 17.8 Å². The van der Waals surface area contributed by atoms with Gasteiger partial charge in [-0.2, -0.15) is 0 Å². The molecule has 0 aliphatic heterocycles. The topological polar surface area (TPSA) is 63.7 Å². The van der Waals surface area contributed by atoms with Crippen LogP contribution in [0.2, 0.25) is 0 Å². The molecule has 0 N–H and O–H groups in total.